The molecule has 0 unspecified atom stereocenters. The lowest BCUT2D eigenvalue weighted by Crippen LogP contribution is -2.06. The molecule has 2 aromatic carbocycles. The molecule has 134 valence electrons. The van der Waals surface area contributed by atoms with Crippen molar-refractivity contribution in [3.05, 3.63) is 52.5 Å². The maximum atomic E-state index is 13.1. The van der Waals surface area contributed by atoms with Gasteiger partial charge in [0.1, 0.15) is 0 Å². The van der Waals surface area contributed by atoms with E-state index in [0.29, 0.717) is 27.4 Å². The fourth-order valence-electron chi connectivity index (χ4n) is 2.91. The highest BCUT2D eigenvalue weighted by molar-refractivity contribution is 6.31. The summed E-state index contributed by atoms with van der Waals surface area (Å²) in [5.41, 5.74) is 0.681. The van der Waals surface area contributed by atoms with Gasteiger partial charge in [0.15, 0.2) is 17.3 Å². The molecule has 0 fully saturated rings. The first-order chi connectivity index (χ1) is 12.4. The van der Waals surface area contributed by atoms with E-state index in [-0.39, 0.29) is 11.1 Å². The zero-order valence-electron chi connectivity index (χ0n) is 14.4. The van der Waals surface area contributed by atoms with Crippen LogP contribution >= 0.6 is 11.6 Å². The van der Waals surface area contributed by atoms with E-state index < -0.39 is 17.6 Å². The Hall–Kier alpha value is -2.99. The molecule has 6 nitrogen and oxygen atoms in total. The van der Waals surface area contributed by atoms with Crippen molar-refractivity contribution in [1.29, 1.82) is 0 Å². The summed E-state index contributed by atoms with van der Waals surface area (Å²) in [6, 6.07) is 9.42. The van der Waals surface area contributed by atoms with Crippen LogP contribution in [0.5, 0.6) is 17.4 Å². The van der Waals surface area contributed by atoms with E-state index in [0.717, 1.165) is 4.57 Å². The Kier molecular flexibility index (Phi) is 4.61. The van der Waals surface area contributed by atoms with Gasteiger partial charge < -0.3 is 14.6 Å². The molecule has 0 saturated carbocycles. The number of halogens is 1. The van der Waals surface area contributed by atoms with Crippen LogP contribution in [0.3, 0.4) is 0 Å². The lowest BCUT2D eigenvalue weighted by molar-refractivity contribution is 0.0933. The van der Waals surface area contributed by atoms with Gasteiger partial charge in [0.25, 0.3) is 0 Å². The van der Waals surface area contributed by atoms with Crippen molar-refractivity contribution in [3.63, 3.8) is 0 Å². The van der Waals surface area contributed by atoms with Gasteiger partial charge in [-0.25, -0.2) is 4.57 Å². The number of methoxy groups -OCH3 is 2. The zero-order valence-corrected chi connectivity index (χ0v) is 15.1. The third-order valence-electron chi connectivity index (χ3n) is 4.09. The van der Waals surface area contributed by atoms with E-state index in [1.54, 1.807) is 24.3 Å². The summed E-state index contributed by atoms with van der Waals surface area (Å²) < 4.78 is 11.5. The minimum atomic E-state index is -0.448. The van der Waals surface area contributed by atoms with Gasteiger partial charge in [0.2, 0.25) is 11.8 Å². The quantitative estimate of drug-likeness (QED) is 0.701. The van der Waals surface area contributed by atoms with Crippen molar-refractivity contribution in [2.75, 3.05) is 14.2 Å². The Morgan fingerprint density at radius 2 is 1.73 bits per heavy atom. The van der Waals surface area contributed by atoms with Gasteiger partial charge in [-0.3, -0.25) is 9.59 Å². The molecule has 0 spiro atoms. The third-order valence-corrected chi connectivity index (χ3v) is 4.33. The number of aromatic hydroxyl groups is 1. The molecule has 1 heterocycles. The van der Waals surface area contributed by atoms with E-state index in [4.69, 9.17) is 21.1 Å². The molecule has 3 aromatic rings. The van der Waals surface area contributed by atoms with Gasteiger partial charge in [0.05, 0.1) is 25.3 Å². The lowest BCUT2D eigenvalue weighted by Gasteiger charge is -2.09. The van der Waals surface area contributed by atoms with Crippen LogP contribution in [-0.4, -0.2) is 35.6 Å². The van der Waals surface area contributed by atoms with Gasteiger partial charge >= 0.3 is 0 Å². The fraction of sp³-hybridized carbons (Fsp3) is 0.158. The molecule has 0 aliphatic heterocycles. The van der Waals surface area contributed by atoms with Crippen LogP contribution in [0.15, 0.2) is 36.4 Å². The highest BCUT2D eigenvalue weighted by Gasteiger charge is 2.26. The minimum absolute atomic E-state index is 0.0269. The summed E-state index contributed by atoms with van der Waals surface area (Å²) in [4.78, 5) is 25.0. The van der Waals surface area contributed by atoms with Crippen molar-refractivity contribution in [1.82, 2.24) is 4.57 Å². The molecule has 0 radical (unpaired) electrons. The molecular weight excluding hydrogens is 358 g/mol. The third kappa shape index (κ3) is 2.78. The number of ether oxygens (including phenoxy) is 2. The summed E-state index contributed by atoms with van der Waals surface area (Å²) in [5.74, 6) is -0.436. The molecule has 26 heavy (non-hydrogen) atoms. The summed E-state index contributed by atoms with van der Waals surface area (Å²) in [6.45, 7) is 1.30. The molecule has 1 N–H and O–H groups in total. The van der Waals surface area contributed by atoms with Crippen LogP contribution < -0.4 is 9.47 Å². The average Bonchev–Trinajstić information content (AvgIpc) is 2.91. The van der Waals surface area contributed by atoms with Crippen LogP contribution in [0.25, 0.3) is 10.9 Å². The van der Waals surface area contributed by atoms with Crippen LogP contribution in [0.1, 0.15) is 27.6 Å². The van der Waals surface area contributed by atoms with Crippen LogP contribution in [0.4, 0.5) is 0 Å². The molecule has 0 atom stereocenters. The molecule has 1 aromatic heterocycles. The Balaban J connectivity index is 2.24. The number of nitrogens with zero attached hydrogens (tertiary/aromatic N) is 1. The Labute approximate surface area is 154 Å². The predicted octanol–water partition coefficient (Wildman–Crippen LogP) is 3.91. The second-order valence-corrected chi connectivity index (χ2v) is 6.05. The highest BCUT2D eigenvalue weighted by atomic mass is 35.5. The number of ketones is 1. The molecule has 0 bridgehead atoms. The SMILES string of the molecule is COc1ccc(C(=O)c2c(O)n(C(C)=O)c3cc(Cl)ccc23)cc1OC. The standard InChI is InChI=1S/C19H16ClNO5/c1-10(22)21-14-9-12(20)5-6-13(14)17(19(21)24)18(23)11-4-7-15(25-2)16(8-11)26-3/h4-9,24H,1-3H3. The maximum Gasteiger partial charge on any atom is 0.230 e. The van der Waals surface area contributed by atoms with Crippen molar-refractivity contribution >= 4 is 34.2 Å². The van der Waals surface area contributed by atoms with Crippen molar-refractivity contribution in [3.8, 4) is 17.4 Å². The fourth-order valence-corrected chi connectivity index (χ4v) is 3.08. The Bertz CT molecular complexity index is 1040. The van der Waals surface area contributed by atoms with Crippen molar-refractivity contribution < 1.29 is 24.2 Å². The van der Waals surface area contributed by atoms with Gasteiger partial charge in [0, 0.05) is 22.9 Å². The summed E-state index contributed by atoms with van der Waals surface area (Å²) in [7, 11) is 2.96. The van der Waals surface area contributed by atoms with Crippen molar-refractivity contribution in [2.24, 2.45) is 0 Å². The Morgan fingerprint density at radius 3 is 2.35 bits per heavy atom. The number of fused-ring (bicyclic) bond motifs is 1. The summed E-state index contributed by atoms with van der Waals surface area (Å²) in [5, 5.41) is 11.4. The number of hydrogen-bond acceptors (Lipinski definition) is 5. The lowest BCUT2D eigenvalue weighted by atomic mass is 10.0. The number of hydrogen-bond donors (Lipinski definition) is 1. The van der Waals surface area contributed by atoms with Crippen molar-refractivity contribution in [2.45, 2.75) is 6.92 Å². The van der Waals surface area contributed by atoms with E-state index in [1.165, 1.54) is 33.3 Å². The predicted molar refractivity (Wildman–Crippen MR) is 97.9 cm³/mol. The molecular formula is C19H16ClNO5. The minimum Gasteiger partial charge on any atom is -0.494 e. The van der Waals surface area contributed by atoms with Crippen LogP contribution in [0, 0.1) is 0 Å². The molecule has 3 rings (SSSR count). The highest BCUT2D eigenvalue weighted by Crippen LogP contribution is 2.36. The number of aromatic nitrogens is 1. The first-order valence-electron chi connectivity index (χ1n) is 7.69. The van der Waals surface area contributed by atoms with Gasteiger partial charge in [-0.1, -0.05) is 17.7 Å². The second-order valence-electron chi connectivity index (χ2n) is 5.61. The summed E-state index contributed by atoms with van der Waals surface area (Å²) >= 11 is 6.00. The molecule has 7 heteroatoms. The first kappa shape index (κ1) is 17.8. The van der Waals surface area contributed by atoms with E-state index in [2.05, 4.69) is 0 Å². The number of carbonyl (C=O) groups excluding carboxylic acids is 2. The average molecular weight is 374 g/mol. The first-order valence-corrected chi connectivity index (χ1v) is 8.07. The number of carbonyl (C=O) groups is 2. The largest absolute Gasteiger partial charge is 0.494 e. The number of rotatable bonds is 4. The number of benzene rings is 2. The molecule has 0 amide bonds. The van der Waals surface area contributed by atoms with Crippen LogP contribution in [0.2, 0.25) is 5.02 Å². The van der Waals surface area contributed by atoms with Gasteiger partial charge in [-0.2, -0.15) is 0 Å². The molecule has 0 saturated heterocycles. The monoisotopic (exact) mass is 373 g/mol. The van der Waals surface area contributed by atoms with Crippen LogP contribution in [-0.2, 0) is 0 Å². The normalized spacial score (nSPS) is 10.8. The second kappa shape index (κ2) is 6.72. The maximum absolute atomic E-state index is 13.1. The zero-order chi connectivity index (χ0) is 19.0. The molecule has 0 aliphatic carbocycles. The van der Waals surface area contributed by atoms with E-state index in [1.807, 2.05) is 0 Å². The van der Waals surface area contributed by atoms with Gasteiger partial charge in [-0.05, 0) is 30.3 Å². The van der Waals surface area contributed by atoms with E-state index >= 15 is 0 Å². The van der Waals surface area contributed by atoms with E-state index in [9.17, 15) is 14.7 Å². The van der Waals surface area contributed by atoms with Gasteiger partial charge in [-0.15, -0.1) is 0 Å². The Morgan fingerprint density at radius 1 is 1.04 bits per heavy atom. The summed E-state index contributed by atoms with van der Waals surface area (Å²) in [6.07, 6.45) is 0. The topological polar surface area (TPSA) is 77.8 Å². The molecule has 0 aliphatic rings. The smallest absolute Gasteiger partial charge is 0.230 e.